The lowest BCUT2D eigenvalue weighted by Gasteiger charge is -2.53. The van der Waals surface area contributed by atoms with Crippen LogP contribution in [-0.2, 0) is 6.54 Å². The van der Waals surface area contributed by atoms with Gasteiger partial charge in [0.05, 0.1) is 20.4 Å². The summed E-state index contributed by atoms with van der Waals surface area (Å²) in [4.78, 5) is 21.9. The first-order valence-electron chi connectivity index (χ1n) is 18.2. The highest BCUT2D eigenvalue weighted by atomic mass is 16.5. The van der Waals surface area contributed by atoms with E-state index in [1.165, 1.54) is 11.1 Å². The van der Waals surface area contributed by atoms with Crippen molar-refractivity contribution in [3.8, 4) is 23.0 Å². The molecule has 1 aliphatic heterocycles. The smallest absolute Gasteiger partial charge is 0.339 e. The van der Waals surface area contributed by atoms with E-state index in [9.17, 15) is 9.90 Å². The minimum Gasteiger partial charge on any atom is -0.493 e. The quantitative estimate of drug-likeness (QED) is 0.0910. The number of carbonyl (C=O) groups is 1. The number of H-pyrrole nitrogens is 1. The fourth-order valence-electron chi connectivity index (χ4n) is 8.07. The number of fused-ring (bicyclic) bond motifs is 1. The molecule has 2 aromatic heterocycles. The zero-order valence-corrected chi connectivity index (χ0v) is 30.4. The van der Waals surface area contributed by atoms with Crippen molar-refractivity contribution in [2.45, 2.75) is 64.1 Å². The van der Waals surface area contributed by atoms with E-state index in [-0.39, 0.29) is 11.6 Å². The van der Waals surface area contributed by atoms with Gasteiger partial charge in [-0.15, -0.1) is 0 Å². The Morgan fingerprint density at radius 3 is 2.46 bits per heavy atom. The number of nitrogens with zero attached hydrogens (tertiary/aromatic N) is 2. The molecule has 0 amide bonds. The molecule has 1 atom stereocenters. The van der Waals surface area contributed by atoms with Crippen molar-refractivity contribution in [2.24, 2.45) is 5.41 Å². The molecule has 10 heteroatoms. The van der Waals surface area contributed by atoms with Crippen molar-refractivity contribution in [1.82, 2.24) is 20.6 Å². The third kappa shape index (κ3) is 7.59. The summed E-state index contributed by atoms with van der Waals surface area (Å²) in [5.41, 5.74) is 6.08. The molecule has 0 bridgehead atoms. The number of nitrogens with one attached hydrogen (secondary N) is 3. The predicted molar refractivity (Wildman–Crippen MR) is 204 cm³/mol. The number of hydrogen-bond donors (Lipinski definition) is 4. The number of piperidine rings is 1. The van der Waals surface area contributed by atoms with Gasteiger partial charge in [-0.2, -0.15) is 0 Å². The van der Waals surface area contributed by atoms with Crippen LogP contribution in [-0.4, -0.2) is 60.9 Å². The van der Waals surface area contributed by atoms with Gasteiger partial charge in [0.25, 0.3) is 0 Å². The van der Waals surface area contributed by atoms with Crippen molar-refractivity contribution in [3.63, 3.8) is 0 Å². The number of aromatic carboxylic acids is 1. The molecule has 1 spiro atoms. The number of benzene rings is 3. The standard InChI is InChI=1S/C42H49N5O5/c1-27(2)33-7-5-6-8-34(33)36(26-43-24-28-9-12-37(50-3)39(19-28)51-4)46-30-22-42(23-30)14-17-47(18-15-42)31-10-11-35(41(48)49)38(21-31)52-32-20-29-13-16-44-40(29)45-25-32/h5-13,16,19-21,25,27,30,36,43,46H,14-15,17-18,22-24,26H2,1-4H3,(H,44,45)(H,48,49)/t36-/m0/s1. The number of aromatic nitrogens is 2. The van der Waals surface area contributed by atoms with Crippen molar-refractivity contribution in [2.75, 3.05) is 38.8 Å². The van der Waals surface area contributed by atoms with E-state index in [2.05, 4.69) is 69.7 Å². The van der Waals surface area contributed by atoms with Crippen LogP contribution in [0.5, 0.6) is 23.0 Å². The first-order valence-corrected chi connectivity index (χ1v) is 18.2. The van der Waals surface area contributed by atoms with Gasteiger partial charge >= 0.3 is 5.97 Å². The van der Waals surface area contributed by atoms with Gasteiger partial charge in [-0.05, 0) is 90.1 Å². The Kier molecular flexibility index (Phi) is 10.4. The van der Waals surface area contributed by atoms with E-state index in [4.69, 9.17) is 14.2 Å². The number of pyridine rings is 1. The predicted octanol–water partition coefficient (Wildman–Crippen LogP) is 8.06. The van der Waals surface area contributed by atoms with Gasteiger partial charge in [0.1, 0.15) is 22.7 Å². The minimum absolute atomic E-state index is 0.131. The molecule has 5 aromatic rings. The molecule has 4 N–H and O–H groups in total. The van der Waals surface area contributed by atoms with Crippen molar-refractivity contribution >= 4 is 22.7 Å². The lowest BCUT2D eigenvalue weighted by Crippen LogP contribution is -2.55. The van der Waals surface area contributed by atoms with E-state index in [1.807, 2.05) is 42.6 Å². The van der Waals surface area contributed by atoms with Gasteiger partial charge < -0.3 is 39.8 Å². The van der Waals surface area contributed by atoms with Crippen LogP contribution in [0.4, 0.5) is 5.69 Å². The second kappa shape index (κ2) is 15.3. The largest absolute Gasteiger partial charge is 0.493 e. The van der Waals surface area contributed by atoms with E-state index < -0.39 is 5.97 Å². The SMILES string of the molecule is COc1ccc(CNC[C@H](NC2CC3(CCN(c4ccc(C(=O)O)c(Oc5cnc6[nH]ccc6c5)c4)CC3)C2)c2ccccc2C(C)C)cc1OC. The highest BCUT2D eigenvalue weighted by molar-refractivity contribution is 5.92. The van der Waals surface area contributed by atoms with E-state index in [0.717, 1.165) is 85.6 Å². The summed E-state index contributed by atoms with van der Waals surface area (Å²) in [5, 5.41) is 18.6. The van der Waals surface area contributed by atoms with Crippen LogP contribution < -0.4 is 29.7 Å². The number of methoxy groups -OCH3 is 2. The lowest BCUT2D eigenvalue weighted by molar-refractivity contribution is 0.0467. The van der Waals surface area contributed by atoms with Crippen LogP contribution >= 0.6 is 0 Å². The number of anilines is 1. The lowest BCUT2D eigenvalue weighted by atomic mass is 9.60. The number of rotatable bonds is 14. The highest BCUT2D eigenvalue weighted by Gasteiger charge is 2.46. The van der Waals surface area contributed by atoms with Gasteiger partial charge in [-0.25, -0.2) is 9.78 Å². The van der Waals surface area contributed by atoms with Gasteiger partial charge in [-0.3, -0.25) is 0 Å². The number of hydrogen-bond acceptors (Lipinski definition) is 8. The van der Waals surface area contributed by atoms with Crippen LogP contribution in [0, 0.1) is 5.41 Å². The summed E-state index contributed by atoms with van der Waals surface area (Å²) < 4.78 is 17.1. The summed E-state index contributed by atoms with van der Waals surface area (Å²) >= 11 is 0. The number of carboxylic acid groups (broad SMARTS) is 1. The Bertz CT molecular complexity index is 2010. The summed E-state index contributed by atoms with van der Waals surface area (Å²) in [6, 6.07) is 24.7. The maximum absolute atomic E-state index is 12.1. The van der Waals surface area contributed by atoms with Gasteiger partial charge in [-0.1, -0.05) is 44.2 Å². The van der Waals surface area contributed by atoms with Crippen LogP contribution in [0.15, 0.2) is 85.2 Å². The third-order valence-corrected chi connectivity index (χ3v) is 10.9. The average Bonchev–Trinajstić information content (AvgIpc) is 3.62. The molecule has 272 valence electrons. The number of carboxylic acids is 1. The zero-order chi connectivity index (χ0) is 36.2. The molecule has 52 heavy (non-hydrogen) atoms. The Morgan fingerprint density at radius 2 is 1.73 bits per heavy atom. The third-order valence-electron chi connectivity index (χ3n) is 10.9. The Hall–Kier alpha value is -5.06. The molecule has 2 fully saturated rings. The van der Waals surface area contributed by atoms with Gasteiger partial charge in [0.2, 0.25) is 0 Å². The fourth-order valence-corrected chi connectivity index (χ4v) is 8.07. The molecule has 0 radical (unpaired) electrons. The molecule has 3 heterocycles. The van der Waals surface area contributed by atoms with Gasteiger partial charge in [0.15, 0.2) is 11.5 Å². The normalized spacial score (nSPS) is 16.2. The Morgan fingerprint density at radius 1 is 0.962 bits per heavy atom. The van der Waals surface area contributed by atoms with Crippen LogP contribution in [0.3, 0.4) is 0 Å². The molecule has 2 aliphatic rings. The van der Waals surface area contributed by atoms with Crippen molar-refractivity contribution in [3.05, 3.63) is 107 Å². The monoisotopic (exact) mass is 703 g/mol. The van der Waals surface area contributed by atoms with Crippen LogP contribution in [0.25, 0.3) is 11.0 Å². The molecule has 1 aliphatic carbocycles. The average molecular weight is 704 g/mol. The molecule has 10 nitrogen and oxygen atoms in total. The second-order valence-corrected chi connectivity index (χ2v) is 14.6. The highest BCUT2D eigenvalue weighted by Crippen LogP contribution is 2.50. The maximum atomic E-state index is 12.1. The zero-order valence-electron chi connectivity index (χ0n) is 30.4. The van der Waals surface area contributed by atoms with Crippen LogP contribution in [0.2, 0.25) is 0 Å². The van der Waals surface area contributed by atoms with Crippen molar-refractivity contribution < 1.29 is 24.1 Å². The topological polar surface area (TPSA) is 121 Å². The number of ether oxygens (including phenoxy) is 3. The maximum Gasteiger partial charge on any atom is 0.339 e. The summed E-state index contributed by atoms with van der Waals surface area (Å²) in [7, 11) is 3.33. The molecule has 1 saturated heterocycles. The first-order chi connectivity index (χ1) is 25.2. The minimum atomic E-state index is -1.02. The van der Waals surface area contributed by atoms with E-state index >= 15 is 0 Å². The molecule has 3 aromatic carbocycles. The molecule has 0 unspecified atom stereocenters. The summed E-state index contributed by atoms with van der Waals surface area (Å²) in [5.74, 6) is 1.70. The molecular weight excluding hydrogens is 654 g/mol. The molecular formula is C42H49N5O5. The second-order valence-electron chi connectivity index (χ2n) is 14.6. The van der Waals surface area contributed by atoms with E-state index in [0.29, 0.717) is 28.9 Å². The fraction of sp³-hybridized carbons (Fsp3) is 0.381. The summed E-state index contributed by atoms with van der Waals surface area (Å²) in [6.45, 7) is 7.91. The van der Waals surface area contributed by atoms with Crippen LogP contribution in [0.1, 0.15) is 78.5 Å². The molecule has 1 saturated carbocycles. The Labute approximate surface area is 305 Å². The molecule has 7 rings (SSSR count). The first kappa shape index (κ1) is 35.3. The van der Waals surface area contributed by atoms with Gasteiger partial charge in [0, 0.05) is 61.6 Å². The Balaban J connectivity index is 0.987. The van der Waals surface area contributed by atoms with E-state index in [1.54, 1.807) is 26.5 Å². The summed E-state index contributed by atoms with van der Waals surface area (Å²) in [6.07, 6.45) is 7.93. The van der Waals surface area contributed by atoms with Crippen molar-refractivity contribution in [1.29, 1.82) is 0 Å². The number of aromatic amines is 1.